The first-order valence-corrected chi connectivity index (χ1v) is 13.0. The van der Waals surface area contributed by atoms with Crippen LogP contribution < -0.4 is 5.56 Å². The van der Waals surface area contributed by atoms with Gasteiger partial charge in [0.2, 0.25) is 0 Å². The third-order valence-electron chi connectivity index (χ3n) is 7.31. The van der Waals surface area contributed by atoms with Gasteiger partial charge >= 0.3 is 5.97 Å². The van der Waals surface area contributed by atoms with Gasteiger partial charge in [-0.2, -0.15) is 0 Å². The molecule has 7 nitrogen and oxygen atoms in total. The van der Waals surface area contributed by atoms with Gasteiger partial charge in [0.05, 0.1) is 11.4 Å². The zero-order chi connectivity index (χ0) is 26.5. The summed E-state index contributed by atoms with van der Waals surface area (Å²) in [7, 11) is 0. The SMILES string of the molecule is O=C(O)CCCCc1nccc(C2=NOC3(CCC4=C3C=CCC4)C2)cccc(=O)n1-c1ccc(F)cc1. The fraction of sp³-hybridized carbons (Fsp3) is 0.333. The Morgan fingerprint density at radius 3 is 2.76 bits per heavy atom. The number of hydrogen-bond acceptors (Lipinski definition) is 5. The molecule has 5 rings (SSSR count). The molecule has 0 radical (unpaired) electrons. The van der Waals surface area contributed by atoms with Crippen LogP contribution in [0.2, 0.25) is 0 Å². The van der Waals surface area contributed by atoms with Crippen molar-refractivity contribution in [1.82, 2.24) is 9.55 Å². The molecule has 2 aromatic rings. The molecule has 8 heteroatoms. The van der Waals surface area contributed by atoms with Crippen molar-refractivity contribution in [2.24, 2.45) is 5.16 Å². The smallest absolute Gasteiger partial charge is 0.303 e. The first kappa shape index (κ1) is 25.6. The van der Waals surface area contributed by atoms with E-state index in [1.807, 2.05) is 12.1 Å². The molecule has 0 bridgehead atoms. The second kappa shape index (κ2) is 11.1. The number of fused-ring (bicyclic) bond motifs is 1. The number of oxime groups is 1. The maximum Gasteiger partial charge on any atom is 0.303 e. The molecule has 1 unspecified atom stereocenters. The molecule has 1 spiro atoms. The molecule has 38 heavy (non-hydrogen) atoms. The molecule has 1 aromatic heterocycles. The third kappa shape index (κ3) is 5.44. The summed E-state index contributed by atoms with van der Waals surface area (Å²) in [4.78, 5) is 34.9. The van der Waals surface area contributed by atoms with Gasteiger partial charge in [-0.25, -0.2) is 9.37 Å². The summed E-state index contributed by atoms with van der Waals surface area (Å²) in [6, 6.07) is 12.4. The van der Waals surface area contributed by atoms with Gasteiger partial charge in [-0.05, 0) is 74.4 Å². The molecule has 1 atom stereocenters. The first-order valence-electron chi connectivity index (χ1n) is 13.0. The summed E-state index contributed by atoms with van der Waals surface area (Å²) in [5.74, 6) is -0.822. The summed E-state index contributed by atoms with van der Waals surface area (Å²) in [6.45, 7) is 0. The summed E-state index contributed by atoms with van der Waals surface area (Å²) in [6.07, 6.45) is 12.2. The molecular formula is C30H30FN3O4. The van der Waals surface area contributed by atoms with E-state index in [0.717, 1.165) is 37.0 Å². The molecule has 1 aliphatic heterocycles. The standard InChI is InChI=1S/C30H30FN3O4/c31-23-12-14-24(15-13-23)34-27(9-3-4-11-29(36)37)32-19-17-22(7-5-10-28(34)35)26-20-30(38-33-26)18-16-21-6-1-2-8-25(21)30/h2,5,7-8,10,12-15,17,19H,1,3-4,6,9,11,16,18,20H2,(H,36,37). The Bertz CT molecular complexity index is 1440. The molecule has 2 heterocycles. The number of aliphatic carboxylic acids is 1. The topological polar surface area (TPSA) is 93.8 Å². The number of rotatable bonds is 7. The van der Waals surface area contributed by atoms with Crippen molar-refractivity contribution < 1.29 is 19.1 Å². The Morgan fingerprint density at radius 2 is 1.95 bits per heavy atom. The number of allylic oxidation sites excluding steroid dienone is 2. The molecule has 0 saturated carbocycles. The molecule has 0 saturated heterocycles. The summed E-state index contributed by atoms with van der Waals surface area (Å²) in [5, 5.41) is 13.4. The maximum absolute atomic E-state index is 13.6. The van der Waals surface area contributed by atoms with Crippen molar-refractivity contribution in [3.63, 3.8) is 0 Å². The maximum atomic E-state index is 13.6. The van der Waals surface area contributed by atoms with Gasteiger partial charge in [0.1, 0.15) is 11.6 Å². The molecule has 0 fully saturated rings. The summed E-state index contributed by atoms with van der Waals surface area (Å²) >= 11 is 0. The van der Waals surface area contributed by atoms with E-state index in [2.05, 4.69) is 22.3 Å². The monoisotopic (exact) mass is 515 g/mol. The van der Waals surface area contributed by atoms with E-state index in [1.54, 1.807) is 12.3 Å². The van der Waals surface area contributed by atoms with Crippen LogP contribution in [0.25, 0.3) is 5.69 Å². The number of carboxylic acid groups (broad SMARTS) is 1. The van der Waals surface area contributed by atoms with Crippen molar-refractivity contribution in [2.45, 2.75) is 63.4 Å². The van der Waals surface area contributed by atoms with E-state index >= 15 is 0 Å². The van der Waals surface area contributed by atoms with Crippen LogP contribution >= 0.6 is 0 Å². The molecule has 1 N–H and O–H groups in total. The highest BCUT2D eigenvalue weighted by Crippen LogP contribution is 2.48. The first-order chi connectivity index (χ1) is 18.4. The van der Waals surface area contributed by atoms with Gasteiger partial charge in [-0.15, -0.1) is 0 Å². The summed E-state index contributed by atoms with van der Waals surface area (Å²) < 4.78 is 15.0. The lowest BCUT2D eigenvalue weighted by Gasteiger charge is -2.24. The fourth-order valence-corrected chi connectivity index (χ4v) is 5.39. The van der Waals surface area contributed by atoms with Crippen LogP contribution in [0.3, 0.4) is 0 Å². The second-order valence-corrected chi connectivity index (χ2v) is 9.85. The second-order valence-electron chi connectivity index (χ2n) is 9.85. The number of carboxylic acids is 1. The van der Waals surface area contributed by atoms with Gasteiger partial charge in [0.25, 0.3) is 5.56 Å². The number of hydrogen-bond donors (Lipinski definition) is 1. The molecule has 0 amide bonds. The highest BCUT2D eigenvalue weighted by atomic mass is 19.1. The van der Waals surface area contributed by atoms with Gasteiger partial charge in [0, 0.05) is 37.1 Å². The number of halogens is 1. The predicted molar refractivity (Wildman–Crippen MR) is 142 cm³/mol. The highest BCUT2D eigenvalue weighted by molar-refractivity contribution is 6.02. The van der Waals surface area contributed by atoms with Crippen molar-refractivity contribution in [3.05, 3.63) is 106 Å². The van der Waals surface area contributed by atoms with E-state index in [9.17, 15) is 14.0 Å². The normalized spacial score (nSPS) is 19.7. The lowest BCUT2D eigenvalue weighted by Crippen LogP contribution is -2.28. The van der Waals surface area contributed by atoms with Crippen LogP contribution in [-0.2, 0) is 16.1 Å². The van der Waals surface area contributed by atoms with Crippen molar-refractivity contribution >= 4 is 11.7 Å². The number of benzene rings is 1. The molecule has 2 aliphatic carbocycles. The molecule has 1 aromatic carbocycles. The lowest BCUT2D eigenvalue weighted by atomic mass is 9.86. The van der Waals surface area contributed by atoms with Crippen LogP contribution in [0.4, 0.5) is 4.39 Å². The fourth-order valence-electron chi connectivity index (χ4n) is 5.39. The van der Waals surface area contributed by atoms with Gasteiger partial charge in [-0.3, -0.25) is 14.2 Å². The lowest BCUT2D eigenvalue weighted by molar-refractivity contribution is -0.137. The Balaban J connectivity index is 1.49. The number of carbonyl (C=O) groups is 1. The van der Waals surface area contributed by atoms with Crippen molar-refractivity contribution in [2.75, 3.05) is 0 Å². The number of aromatic nitrogens is 2. The van der Waals surface area contributed by atoms with Gasteiger partial charge < -0.3 is 9.94 Å². The number of unbranched alkanes of at least 4 members (excludes halogenated alkanes) is 1. The number of nitrogens with zero attached hydrogens (tertiary/aromatic N) is 3. The average molecular weight is 516 g/mol. The van der Waals surface area contributed by atoms with Gasteiger partial charge in [0.15, 0.2) is 5.60 Å². The van der Waals surface area contributed by atoms with Crippen LogP contribution in [0, 0.1) is 5.82 Å². The van der Waals surface area contributed by atoms with Crippen LogP contribution in [0.1, 0.15) is 62.8 Å². The zero-order valence-electron chi connectivity index (χ0n) is 21.1. The van der Waals surface area contributed by atoms with Crippen LogP contribution in [0.15, 0.2) is 88.0 Å². The Labute approximate surface area is 220 Å². The van der Waals surface area contributed by atoms with Crippen LogP contribution in [-0.4, -0.2) is 31.9 Å². The minimum absolute atomic E-state index is 0.0370. The predicted octanol–water partition coefficient (Wildman–Crippen LogP) is 5.60. The van der Waals surface area contributed by atoms with E-state index in [4.69, 9.17) is 9.94 Å². The molecular weight excluding hydrogens is 485 g/mol. The van der Waals surface area contributed by atoms with E-state index in [1.165, 1.54) is 46.0 Å². The minimum Gasteiger partial charge on any atom is -0.481 e. The molecule has 196 valence electrons. The van der Waals surface area contributed by atoms with E-state index in [-0.39, 0.29) is 12.0 Å². The number of aryl methyl sites for hydroxylation is 1. The van der Waals surface area contributed by atoms with Crippen molar-refractivity contribution in [3.8, 4) is 5.69 Å². The Morgan fingerprint density at radius 1 is 1.11 bits per heavy atom. The zero-order valence-corrected chi connectivity index (χ0v) is 21.1. The van der Waals surface area contributed by atoms with Crippen LogP contribution in [0.5, 0.6) is 0 Å². The highest BCUT2D eigenvalue weighted by Gasteiger charge is 2.47. The van der Waals surface area contributed by atoms with E-state index in [0.29, 0.717) is 37.2 Å². The Hall–Kier alpha value is -4.07. The largest absolute Gasteiger partial charge is 0.481 e. The average Bonchev–Trinajstić information content (AvgIpc) is 3.51. The minimum atomic E-state index is -0.867. The van der Waals surface area contributed by atoms with E-state index < -0.39 is 17.4 Å². The quantitative estimate of drug-likeness (QED) is 0.485. The summed E-state index contributed by atoms with van der Waals surface area (Å²) in [5.41, 5.74) is 4.07. The molecule has 3 aliphatic rings. The third-order valence-corrected chi connectivity index (χ3v) is 7.31. The van der Waals surface area contributed by atoms with Crippen molar-refractivity contribution in [1.29, 1.82) is 0 Å². The Kier molecular flexibility index (Phi) is 7.49. The van der Waals surface area contributed by atoms with Gasteiger partial charge in [-0.1, -0.05) is 35.0 Å².